The van der Waals surface area contributed by atoms with Crippen molar-refractivity contribution >= 4 is 5.97 Å². The van der Waals surface area contributed by atoms with Crippen LogP contribution in [-0.2, 0) is 16.6 Å². The van der Waals surface area contributed by atoms with Gasteiger partial charge in [0, 0.05) is 11.5 Å². The van der Waals surface area contributed by atoms with Crippen molar-refractivity contribution < 1.29 is 14.3 Å². The third-order valence-corrected chi connectivity index (χ3v) is 4.09. The molecule has 18 heavy (non-hydrogen) atoms. The number of fused-ring (bicyclic) bond motifs is 1. The summed E-state index contributed by atoms with van der Waals surface area (Å²) in [6, 6.07) is 4.63. The number of hydrogen-bond donors (Lipinski definition) is 2. The minimum Gasteiger partial charge on any atom is -0.481 e. The smallest absolute Gasteiger partial charge is 0.304 e. The van der Waals surface area contributed by atoms with E-state index in [-0.39, 0.29) is 18.3 Å². The Kier molecular flexibility index (Phi) is 3.39. The highest BCUT2D eigenvalue weighted by atomic mass is 19.1. The summed E-state index contributed by atoms with van der Waals surface area (Å²) in [6.45, 7) is 1.94. The summed E-state index contributed by atoms with van der Waals surface area (Å²) in [5.74, 6) is -1.13. The van der Waals surface area contributed by atoms with Gasteiger partial charge in [-0.3, -0.25) is 4.79 Å². The van der Waals surface area contributed by atoms with E-state index in [1.165, 1.54) is 6.07 Å². The molecule has 1 aliphatic carbocycles. The maximum Gasteiger partial charge on any atom is 0.304 e. The van der Waals surface area contributed by atoms with Crippen LogP contribution in [0.4, 0.5) is 4.39 Å². The Balaban J connectivity index is 2.52. The number of carbonyl (C=O) groups is 1. The molecular formula is C14H18FNO2. The monoisotopic (exact) mass is 251 g/mol. The van der Waals surface area contributed by atoms with Crippen LogP contribution in [0.25, 0.3) is 0 Å². The molecule has 1 aliphatic rings. The number of carboxylic acids is 1. The van der Waals surface area contributed by atoms with E-state index in [1.807, 2.05) is 13.0 Å². The maximum absolute atomic E-state index is 13.8. The van der Waals surface area contributed by atoms with Crippen LogP contribution in [0, 0.1) is 5.82 Å². The van der Waals surface area contributed by atoms with E-state index in [9.17, 15) is 9.18 Å². The van der Waals surface area contributed by atoms with Crippen molar-refractivity contribution in [1.82, 2.24) is 0 Å². The van der Waals surface area contributed by atoms with E-state index < -0.39 is 11.4 Å². The molecule has 0 spiro atoms. The van der Waals surface area contributed by atoms with Crippen LogP contribution in [0.1, 0.15) is 37.3 Å². The molecular weight excluding hydrogens is 233 g/mol. The first-order valence-corrected chi connectivity index (χ1v) is 6.26. The van der Waals surface area contributed by atoms with Gasteiger partial charge < -0.3 is 10.8 Å². The summed E-state index contributed by atoms with van der Waals surface area (Å²) in [7, 11) is 0. The van der Waals surface area contributed by atoms with E-state index in [2.05, 4.69) is 0 Å². The summed E-state index contributed by atoms with van der Waals surface area (Å²) >= 11 is 0. The van der Waals surface area contributed by atoms with Crippen LogP contribution in [-0.4, -0.2) is 17.1 Å². The van der Waals surface area contributed by atoms with E-state index in [1.54, 1.807) is 6.07 Å². The predicted octanol–water partition coefficient (Wildman–Crippen LogP) is 2.22. The van der Waals surface area contributed by atoms with Crippen LogP contribution in [0.15, 0.2) is 18.2 Å². The number of hydrogen-bond acceptors (Lipinski definition) is 2. The van der Waals surface area contributed by atoms with Gasteiger partial charge in [-0.05, 0) is 36.5 Å². The van der Waals surface area contributed by atoms with Crippen LogP contribution in [0.3, 0.4) is 0 Å². The zero-order valence-electron chi connectivity index (χ0n) is 10.4. The zero-order chi connectivity index (χ0) is 13.3. The Morgan fingerprint density at radius 3 is 2.94 bits per heavy atom. The second-order valence-electron chi connectivity index (χ2n) is 5.01. The standard InChI is InChI=1S/C14H18FNO2/c1-2-12(16)14(8-13(17)18)7-6-9-10(14)4-3-5-11(9)15/h3-5,12H,2,6-8,16H2,1H3,(H,17,18). The van der Waals surface area contributed by atoms with Gasteiger partial charge in [0.25, 0.3) is 0 Å². The van der Waals surface area contributed by atoms with Crippen molar-refractivity contribution in [3.63, 3.8) is 0 Å². The van der Waals surface area contributed by atoms with Crippen molar-refractivity contribution in [3.05, 3.63) is 35.1 Å². The lowest BCUT2D eigenvalue weighted by Gasteiger charge is -2.34. The first-order valence-electron chi connectivity index (χ1n) is 6.26. The van der Waals surface area contributed by atoms with Gasteiger partial charge in [0.15, 0.2) is 0 Å². The second-order valence-corrected chi connectivity index (χ2v) is 5.01. The van der Waals surface area contributed by atoms with Gasteiger partial charge in [0.2, 0.25) is 0 Å². The average molecular weight is 251 g/mol. The third kappa shape index (κ3) is 1.90. The molecule has 0 radical (unpaired) electrons. The van der Waals surface area contributed by atoms with Gasteiger partial charge >= 0.3 is 5.97 Å². The Morgan fingerprint density at radius 2 is 2.33 bits per heavy atom. The number of nitrogens with two attached hydrogens (primary N) is 1. The minimum absolute atomic E-state index is 0.0293. The van der Waals surface area contributed by atoms with Crippen LogP contribution in [0.2, 0.25) is 0 Å². The fraction of sp³-hybridized carbons (Fsp3) is 0.500. The fourth-order valence-corrected chi connectivity index (χ4v) is 3.12. The lowest BCUT2D eigenvalue weighted by molar-refractivity contribution is -0.138. The lowest BCUT2D eigenvalue weighted by Crippen LogP contribution is -2.45. The van der Waals surface area contributed by atoms with E-state index in [0.717, 1.165) is 5.56 Å². The quantitative estimate of drug-likeness (QED) is 0.862. The molecule has 0 saturated heterocycles. The van der Waals surface area contributed by atoms with Gasteiger partial charge in [-0.15, -0.1) is 0 Å². The Labute approximate surface area is 106 Å². The van der Waals surface area contributed by atoms with Crippen molar-refractivity contribution in [2.24, 2.45) is 5.73 Å². The first kappa shape index (κ1) is 13.0. The topological polar surface area (TPSA) is 63.3 Å². The van der Waals surface area contributed by atoms with Crippen molar-refractivity contribution in [1.29, 1.82) is 0 Å². The molecule has 3 nitrogen and oxygen atoms in total. The van der Waals surface area contributed by atoms with Gasteiger partial charge in [0.05, 0.1) is 6.42 Å². The van der Waals surface area contributed by atoms with E-state index in [4.69, 9.17) is 10.8 Å². The Bertz CT molecular complexity index is 475. The third-order valence-electron chi connectivity index (χ3n) is 4.09. The number of rotatable bonds is 4. The number of carboxylic acid groups (broad SMARTS) is 1. The Hall–Kier alpha value is -1.42. The zero-order valence-corrected chi connectivity index (χ0v) is 10.4. The van der Waals surface area contributed by atoms with Gasteiger partial charge in [0.1, 0.15) is 5.82 Å². The molecule has 0 aromatic heterocycles. The highest BCUT2D eigenvalue weighted by Crippen LogP contribution is 2.45. The summed E-state index contributed by atoms with van der Waals surface area (Å²) in [5, 5.41) is 9.13. The molecule has 1 aromatic rings. The largest absolute Gasteiger partial charge is 0.481 e. The molecule has 0 amide bonds. The van der Waals surface area contributed by atoms with Crippen molar-refractivity contribution in [3.8, 4) is 0 Å². The molecule has 0 fully saturated rings. The molecule has 3 N–H and O–H groups in total. The fourth-order valence-electron chi connectivity index (χ4n) is 3.12. The number of benzene rings is 1. The molecule has 0 heterocycles. The maximum atomic E-state index is 13.8. The summed E-state index contributed by atoms with van der Waals surface area (Å²) in [4.78, 5) is 11.1. The van der Waals surface area contributed by atoms with Crippen LogP contribution < -0.4 is 5.73 Å². The van der Waals surface area contributed by atoms with Crippen molar-refractivity contribution in [2.45, 2.75) is 44.1 Å². The highest BCUT2D eigenvalue weighted by Gasteiger charge is 2.45. The summed E-state index contributed by atoms with van der Waals surface area (Å²) in [5.41, 5.74) is 6.96. The molecule has 2 unspecified atom stereocenters. The van der Waals surface area contributed by atoms with E-state index in [0.29, 0.717) is 24.8 Å². The van der Waals surface area contributed by atoms with Crippen LogP contribution in [0.5, 0.6) is 0 Å². The summed E-state index contributed by atoms with van der Waals surface area (Å²) < 4.78 is 13.8. The Morgan fingerprint density at radius 1 is 1.61 bits per heavy atom. The SMILES string of the molecule is CCC(N)C1(CC(=O)O)CCc2c(F)cccc21. The van der Waals surface area contributed by atoms with Gasteiger partial charge in [-0.25, -0.2) is 4.39 Å². The molecule has 4 heteroatoms. The van der Waals surface area contributed by atoms with E-state index >= 15 is 0 Å². The van der Waals surface area contributed by atoms with Crippen LogP contribution >= 0.6 is 0 Å². The lowest BCUT2D eigenvalue weighted by atomic mass is 9.72. The minimum atomic E-state index is -0.879. The molecule has 1 aromatic carbocycles. The molecule has 2 rings (SSSR count). The molecule has 98 valence electrons. The molecule has 0 bridgehead atoms. The molecule has 0 saturated carbocycles. The molecule has 0 aliphatic heterocycles. The van der Waals surface area contributed by atoms with Gasteiger partial charge in [-0.1, -0.05) is 19.1 Å². The second kappa shape index (κ2) is 4.69. The highest BCUT2D eigenvalue weighted by molar-refractivity contribution is 5.70. The normalized spacial score (nSPS) is 23.7. The molecule has 2 atom stereocenters. The summed E-state index contributed by atoms with van der Waals surface area (Å²) in [6.07, 6.45) is 1.84. The number of halogens is 1. The predicted molar refractivity (Wildman–Crippen MR) is 66.9 cm³/mol. The average Bonchev–Trinajstić information content (AvgIpc) is 2.69. The van der Waals surface area contributed by atoms with Crippen molar-refractivity contribution in [2.75, 3.05) is 0 Å². The number of aliphatic carboxylic acids is 1. The first-order chi connectivity index (χ1) is 8.51. The van der Waals surface area contributed by atoms with Gasteiger partial charge in [-0.2, -0.15) is 0 Å².